The van der Waals surface area contributed by atoms with Crippen molar-refractivity contribution >= 4 is 5.69 Å². The van der Waals surface area contributed by atoms with Gasteiger partial charge in [0.05, 0.1) is 18.4 Å². The first-order chi connectivity index (χ1) is 6.34. The molecule has 4 nitrogen and oxygen atoms in total. The van der Waals surface area contributed by atoms with E-state index < -0.39 is 0 Å². The number of rotatable bonds is 2. The van der Waals surface area contributed by atoms with Crippen molar-refractivity contribution in [1.29, 1.82) is 0 Å². The van der Waals surface area contributed by atoms with Crippen molar-refractivity contribution in [3.8, 4) is 0 Å². The fraction of sp³-hybridized carbons (Fsp3) is 0.667. The fourth-order valence-electron chi connectivity index (χ4n) is 1.79. The van der Waals surface area contributed by atoms with E-state index in [1.807, 2.05) is 10.9 Å². The zero-order chi connectivity index (χ0) is 9.10. The monoisotopic (exact) mass is 180 g/mol. The number of aromatic nitrogens is 2. The van der Waals surface area contributed by atoms with Crippen LogP contribution in [-0.2, 0) is 6.54 Å². The topological polar surface area (TPSA) is 55.9 Å². The van der Waals surface area contributed by atoms with Crippen molar-refractivity contribution in [2.24, 2.45) is 0 Å². The molecule has 13 heavy (non-hydrogen) atoms. The van der Waals surface area contributed by atoms with Crippen LogP contribution < -0.4 is 11.1 Å². The van der Waals surface area contributed by atoms with Gasteiger partial charge in [0, 0.05) is 12.2 Å². The second-order valence-electron chi connectivity index (χ2n) is 3.64. The second-order valence-corrected chi connectivity index (χ2v) is 3.64. The Hall–Kier alpha value is -1.03. The molecule has 1 saturated heterocycles. The van der Waals surface area contributed by atoms with Crippen LogP contribution in [0.25, 0.3) is 0 Å². The predicted octanol–water partition coefficient (Wildman–Crippen LogP) is 0.607. The lowest BCUT2D eigenvalue weighted by atomic mass is 10.1. The SMILES string of the molecule is Nc1cnn(C[C@H]2CCCCN2)c1. The summed E-state index contributed by atoms with van der Waals surface area (Å²) in [6.45, 7) is 2.08. The zero-order valence-electron chi connectivity index (χ0n) is 7.74. The van der Waals surface area contributed by atoms with E-state index >= 15 is 0 Å². The molecule has 1 aromatic rings. The largest absolute Gasteiger partial charge is 0.396 e. The van der Waals surface area contributed by atoms with Crippen molar-refractivity contribution < 1.29 is 0 Å². The summed E-state index contributed by atoms with van der Waals surface area (Å²) in [6.07, 6.45) is 7.46. The van der Waals surface area contributed by atoms with Crippen LogP contribution >= 0.6 is 0 Å². The molecule has 1 fully saturated rings. The van der Waals surface area contributed by atoms with E-state index in [4.69, 9.17) is 5.73 Å². The number of nitrogen functional groups attached to an aromatic ring is 1. The summed E-state index contributed by atoms with van der Waals surface area (Å²) < 4.78 is 1.92. The van der Waals surface area contributed by atoms with Crippen molar-refractivity contribution in [3.05, 3.63) is 12.4 Å². The number of nitrogens with two attached hydrogens (primary N) is 1. The molecule has 72 valence electrons. The number of nitrogens with one attached hydrogen (secondary N) is 1. The van der Waals surface area contributed by atoms with E-state index in [9.17, 15) is 0 Å². The molecule has 4 heteroatoms. The maximum absolute atomic E-state index is 5.58. The quantitative estimate of drug-likeness (QED) is 0.701. The van der Waals surface area contributed by atoms with Crippen LogP contribution in [0.1, 0.15) is 19.3 Å². The average Bonchev–Trinajstić information content (AvgIpc) is 2.53. The van der Waals surface area contributed by atoms with Gasteiger partial charge in [0.15, 0.2) is 0 Å². The minimum atomic E-state index is 0.577. The van der Waals surface area contributed by atoms with Crippen molar-refractivity contribution in [2.75, 3.05) is 12.3 Å². The van der Waals surface area contributed by atoms with Crippen molar-refractivity contribution in [2.45, 2.75) is 31.8 Å². The molecule has 0 unspecified atom stereocenters. The highest BCUT2D eigenvalue weighted by Gasteiger charge is 2.12. The van der Waals surface area contributed by atoms with Gasteiger partial charge in [-0.25, -0.2) is 0 Å². The molecule has 2 rings (SSSR count). The molecule has 0 spiro atoms. The Labute approximate surface area is 78.1 Å². The Morgan fingerprint density at radius 1 is 1.62 bits per heavy atom. The highest BCUT2D eigenvalue weighted by Crippen LogP contribution is 2.09. The van der Waals surface area contributed by atoms with Crippen molar-refractivity contribution in [3.63, 3.8) is 0 Å². The van der Waals surface area contributed by atoms with Crippen LogP contribution in [0, 0.1) is 0 Å². The molecular formula is C9H16N4. The van der Waals surface area contributed by atoms with Gasteiger partial charge >= 0.3 is 0 Å². The summed E-state index contributed by atoms with van der Waals surface area (Å²) in [5.41, 5.74) is 6.33. The van der Waals surface area contributed by atoms with Gasteiger partial charge in [0.1, 0.15) is 0 Å². The van der Waals surface area contributed by atoms with Crippen molar-refractivity contribution in [1.82, 2.24) is 15.1 Å². The third-order valence-electron chi connectivity index (χ3n) is 2.47. The van der Waals surface area contributed by atoms with E-state index in [1.165, 1.54) is 19.3 Å². The smallest absolute Gasteiger partial charge is 0.0719 e. The molecule has 0 saturated carbocycles. The van der Waals surface area contributed by atoms with Crippen LogP contribution in [0.15, 0.2) is 12.4 Å². The summed E-state index contributed by atoms with van der Waals surface area (Å²) in [4.78, 5) is 0. The van der Waals surface area contributed by atoms with E-state index in [-0.39, 0.29) is 0 Å². The normalized spacial score (nSPS) is 23.2. The Kier molecular flexibility index (Phi) is 2.49. The summed E-state index contributed by atoms with van der Waals surface area (Å²) >= 11 is 0. The summed E-state index contributed by atoms with van der Waals surface area (Å²) in [5.74, 6) is 0. The molecule has 0 amide bonds. The van der Waals surface area contributed by atoms with Gasteiger partial charge in [-0.2, -0.15) is 5.10 Å². The van der Waals surface area contributed by atoms with E-state index in [0.29, 0.717) is 6.04 Å². The van der Waals surface area contributed by atoms with Gasteiger partial charge in [-0.3, -0.25) is 4.68 Å². The Balaban J connectivity index is 1.89. The number of anilines is 1. The van der Waals surface area contributed by atoms with E-state index in [1.54, 1.807) is 6.20 Å². The molecule has 0 bridgehead atoms. The average molecular weight is 180 g/mol. The highest BCUT2D eigenvalue weighted by atomic mass is 15.3. The van der Waals surface area contributed by atoms with Crippen LogP contribution in [0.2, 0.25) is 0 Å². The molecule has 0 aromatic carbocycles. The Morgan fingerprint density at radius 2 is 2.54 bits per heavy atom. The molecule has 1 atom stereocenters. The number of hydrogen-bond acceptors (Lipinski definition) is 3. The van der Waals surface area contributed by atoms with Gasteiger partial charge in [-0.05, 0) is 19.4 Å². The lowest BCUT2D eigenvalue weighted by Gasteiger charge is -2.23. The standard InChI is InChI=1S/C9H16N4/c10-8-5-12-13(6-8)7-9-3-1-2-4-11-9/h5-6,9,11H,1-4,7,10H2/t9-/m1/s1. The zero-order valence-corrected chi connectivity index (χ0v) is 7.74. The van der Waals surface area contributed by atoms with Gasteiger partial charge in [0.25, 0.3) is 0 Å². The maximum atomic E-state index is 5.58. The van der Waals surface area contributed by atoms with Gasteiger partial charge in [-0.15, -0.1) is 0 Å². The number of hydrogen-bond donors (Lipinski definition) is 2. The second kappa shape index (κ2) is 3.79. The Morgan fingerprint density at radius 3 is 3.15 bits per heavy atom. The molecule has 2 heterocycles. The molecule has 0 radical (unpaired) electrons. The van der Waals surface area contributed by atoms with Crippen LogP contribution in [0.3, 0.4) is 0 Å². The summed E-state index contributed by atoms with van der Waals surface area (Å²) in [7, 11) is 0. The summed E-state index contributed by atoms with van der Waals surface area (Å²) in [5, 5.41) is 7.64. The number of piperidine rings is 1. The fourth-order valence-corrected chi connectivity index (χ4v) is 1.79. The van der Waals surface area contributed by atoms with Gasteiger partial charge in [0.2, 0.25) is 0 Å². The first-order valence-electron chi connectivity index (χ1n) is 4.86. The van der Waals surface area contributed by atoms with E-state index in [0.717, 1.165) is 18.8 Å². The molecule has 3 N–H and O–H groups in total. The minimum absolute atomic E-state index is 0.577. The molecule has 1 aromatic heterocycles. The van der Waals surface area contributed by atoms with Crippen LogP contribution in [0.4, 0.5) is 5.69 Å². The highest BCUT2D eigenvalue weighted by molar-refractivity contribution is 5.30. The van der Waals surface area contributed by atoms with Crippen LogP contribution in [-0.4, -0.2) is 22.4 Å². The maximum Gasteiger partial charge on any atom is 0.0719 e. The molecule has 1 aliphatic rings. The molecule has 0 aliphatic carbocycles. The molecular weight excluding hydrogens is 164 g/mol. The molecule has 1 aliphatic heterocycles. The lowest BCUT2D eigenvalue weighted by molar-refractivity contribution is 0.351. The summed E-state index contributed by atoms with van der Waals surface area (Å²) in [6, 6.07) is 0.577. The third kappa shape index (κ3) is 2.21. The minimum Gasteiger partial charge on any atom is -0.396 e. The van der Waals surface area contributed by atoms with Gasteiger partial charge in [-0.1, -0.05) is 6.42 Å². The van der Waals surface area contributed by atoms with E-state index in [2.05, 4.69) is 10.4 Å². The van der Waals surface area contributed by atoms with Crippen LogP contribution in [0.5, 0.6) is 0 Å². The first-order valence-corrected chi connectivity index (χ1v) is 4.86. The van der Waals surface area contributed by atoms with Gasteiger partial charge < -0.3 is 11.1 Å². The number of nitrogens with zero attached hydrogens (tertiary/aromatic N) is 2. The third-order valence-corrected chi connectivity index (χ3v) is 2.47. The first kappa shape index (κ1) is 8.56. The predicted molar refractivity (Wildman–Crippen MR) is 52.3 cm³/mol. The lowest BCUT2D eigenvalue weighted by Crippen LogP contribution is -2.37. The Bertz CT molecular complexity index is 262.